The van der Waals surface area contributed by atoms with Crippen LogP contribution in [0.15, 0.2) is 54.6 Å². The van der Waals surface area contributed by atoms with Crippen molar-refractivity contribution in [3.05, 3.63) is 60.2 Å². The number of hydrogen-bond acceptors (Lipinski definition) is 4. The molecular weight excluding hydrogens is 296 g/mol. The molecule has 0 heterocycles. The molecule has 0 saturated heterocycles. The van der Waals surface area contributed by atoms with E-state index in [1.807, 2.05) is 17.4 Å². The summed E-state index contributed by atoms with van der Waals surface area (Å²) in [6, 6.07) is 13.5. The first-order valence-electron chi connectivity index (χ1n) is 6.77. The number of urea groups is 1. The SMILES string of the molecule is COc1ccc(Oc2ccc(C=CC(=O)NC(N)=O)cc2)cc1. The Labute approximate surface area is 133 Å². The van der Waals surface area contributed by atoms with Crippen LogP contribution in [0.5, 0.6) is 17.2 Å². The van der Waals surface area contributed by atoms with E-state index < -0.39 is 11.9 Å². The highest BCUT2D eigenvalue weighted by molar-refractivity contribution is 6.01. The fraction of sp³-hybridized carbons (Fsp3) is 0.0588. The molecule has 0 bridgehead atoms. The second-order valence-electron chi connectivity index (χ2n) is 4.53. The standard InChI is InChI=1S/C17H16N2O4/c1-22-13-7-9-15(10-8-13)23-14-5-2-12(3-6-14)4-11-16(20)19-17(18)21/h2-11H,1H3,(H3,18,19,20,21). The van der Waals surface area contributed by atoms with Crippen molar-refractivity contribution >= 4 is 18.0 Å². The molecule has 0 aliphatic carbocycles. The number of imide groups is 1. The van der Waals surface area contributed by atoms with Crippen LogP contribution in [0.25, 0.3) is 6.08 Å². The van der Waals surface area contributed by atoms with E-state index in [4.69, 9.17) is 15.2 Å². The monoisotopic (exact) mass is 312 g/mol. The van der Waals surface area contributed by atoms with Crippen molar-refractivity contribution in [2.24, 2.45) is 5.73 Å². The lowest BCUT2D eigenvalue weighted by Gasteiger charge is -2.06. The lowest BCUT2D eigenvalue weighted by Crippen LogP contribution is -2.33. The number of nitrogens with one attached hydrogen (secondary N) is 1. The molecule has 0 saturated carbocycles. The highest BCUT2D eigenvalue weighted by atomic mass is 16.5. The van der Waals surface area contributed by atoms with Gasteiger partial charge in [0.05, 0.1) is 7.11 Å². The van der Waals surface area contributed by atoms with Crippen LogP contribution in [0.3, 0.4) is 0 Å². The van der Waals surface area contributed by atoms with Crippen molar-refractivity contribution in [2.45, 2.75) is 0 Å². The third kappa shape index (κ3) is 5.20. The molecule has 2 rings (SSSR count). The Morgan fingerprint density at radius 2 is 1.48 bits per heavy atom. The molecule has 0 aliphatic heterocycles. The zero-order chi connectivity index (χ0) is 16.7. The molecule has 2 aromatic rings. The van der Waals surface area contributed by atoms with Gasteiger partial charge in [0, 0.05) is 6.08 Å². The molecule has 3 N–H and O–H groups in total. The van der Waals surface area contributed by atoms with Gasteiger partial charge in [-0.25, -0.2) is 4.79 Å². The highest BCUT2D eigenvalue weighted by Gasteiger charge is 2.00. The van der Waals surface area contributed by atoms with Gasteiger partial charge in [-0.3, -0.25) is 10.1 Å². The van der Waals surface area contributed by atoms with Crippen LogP contribution in [-0.2, 0) is 4.79 Å². The van der Waals surface area contributed by atoms with Gasteiger partial charge in [0.1, 0.15) is 17.2 Å². The number of methoxy groups -OCH3 is 1. The van der Waals surface area contributed by atoms with E-state index in [2.05, 4.69) is 0 Å². The molecule has 0 atom stereocenters. The Hall–Kier alpha value is -3.28. The summed E-state index contributed by atoms with van der Waals surface area (Å²) in [5.41, 5.74) is 5.63. The number of amides is 3. The van der Waals surface area contributed by atoms with Crippen LogP contribution in [0.1, 0.15) is 5.56 Å². The van der Waals surface area contributed by atoms with Crippen molar-refractivity contribution in [1.29, 1.82) is 0 Å². The average molecular weight is 312 g/mol. The number of primary amides is 1. The van der Waals surface area contributed by atoms with Crippen molar-refractivity contribution in [2.75, 3.05) is 7.11 Å². The van der Waals surface area contributed by atoms with Crippen LogP contribution in [0, 0.1) is 0 Å². The van der Waals surface area contributed by atoms with Crippen molar-refractivity contribution < 1.29 is 19.1 Å². The summed E-state index contributed by atoms with van der Waals surface area (Å²) in [6.07, 6.45) is 2.79. The number of rotatable bonds is 5. The minimum atomic E-state index is -0.886. The second kappa shape index (κ2) is 7.65. The molecule has 6 nitrogen and oxygen atoms in total. The predicted molar refractivity (Wildman–Crippen MR) is 86.3 cm³/mol. The maximum Gasteiger partial charge on any atom is 0.319 e. The third-order valence-electron chi connectivity index (χ3n) is 2.85. The largest absolute Gasteiger partial charge is 0.497 e. The van der Waals surface area contributed by atoms with Crippen LogP contribution in [-0.4, -0.2) is 19.0 Å². The van der Waals surface area contributed by atoms with E-state index in [0.717, 1.165) is 11.3 Å². The van der Waals surface area contributed by atoms with Crippen LogP contribution in [0.2, 0.25) is 0 Å². The van der Waals surface area contributed by atoms with Crippen molar-refractivity contribution in [3.8, 4) is 17.2 Å². The average Bonchev–Trinajstić information content (AvgIpc) is 2.54. The lowest BCUT2D eigenvalue weighted by molar-refractivity contribution is -0.115. The van der Waals surface area contributed by atoms with Gasteiger partial charge in [-0.05, 0) is 48.0 Å². The van der Waals surface area contributed by atoms with E-state index in [1.165, 1.54) is 6.08 Å². The van der Waals surface area contributed by atoms with Gasteiger partial charge in [-0.1, -0.05) is 12.1 Å². The molecule has 6 heteroatoms. The molecule has 0 fully saturated rings. The summed E-state index contributed by atoms with van der Waals surface area (Å²) < 4.78 is 10.8. The number of ether oxygens (including phenoxy) is 2. The Balaban J connectivity index is 1.97. The quantitative estimate of drug-likeness (QED) is 0.830. The van der Waals surface area contributed by atoms with Crippen LogP contribution in [0.4, 0.5) is 4.79 Å². The number of hydrogen-bond donors (Lipinski definition) is 2. The maximum atomic E-state index is 11.3. The van der Waals surface area contributed by atoms with Gasteiger partial charge in [0.2, 0.25) is 0 Å². The molecule has 0 aliphatic rings. The topological polar surface area (TPSA) is 90.7 Å². The molecular formula is C17H16N2O4. The zero-order valence-corrected chi connectivity index (χ0v) is 12.5. The first-order valence-corrected chi connectivity index (χ1v) is 6.77. The van der Waals surface area contributed by atoms with Crippen molar-refractivity contribution in [1.82, 2.24) is 5.32 Å². The van der Waals surface area contributed by atoms with Crippen LogP contribution < -0.4 is 20.5 Å². The number of nitrogens with two attached hydrogens (primary N) is 1. The molecule has 0 spiro atoms. The first kappa shape index (κ1) is 16.1. The number of carbonyl (C=O) groups excluding carboxylic acids is 2. The van der Waals surface area contributed by atoms with Gasteiger partial charge in [0.25, 0.3) is 5.91 Å². The van der Waals surface area contributed by atoms with Gasteiger partial charge < -0.3 is 15.2 Å². The van der Waals surface area contributed by atoms with Gasteiger partial charge in [-0.2, -0.15) is 0 Å². The van der Waals surface area contributed by atoms with Gasteiger partial charge >= 0.3 is 6.03 Å². The van der Waals surface area contributed by atoms with E-state index in [9.17, 15) is 9.59 Å². The number of benzene rings is 2. The van der Waals surface area contributed by atoms with E-state index in [0.29, 0.717) is 11.5 Å². The first-order chi connectivity index (χ1) is 11.1. The maximum absolute atomic E-state index is 11.3. The molecule has 0 unspecified atom stereocenters. The molecule has 3 amide bonds. The Morgan fingerprint density at radius 1 is 0.957 bits per heavy atom. The highest BCUT2D eigenvalue weighted by Crippen LogP contribution is 2.24. The molecule has 2 aromatic carbocycles. The Morgan fingerprint density at radius 3 is 2.00 bits per heavy atom. The predicted octanol–water partition coefficient (Wildman–Crippen LogP) is 2.70. The number of carbonyl (C=O) groups is 2. The Bertz CT molecular complexity index is 706. The summed E-state index contributed by atoms with van der Waals surface area (Å²) in [6.45, 7) is 0. The molecule has 0 aromatic heterocycles. The van der Waals surface area contributed by atoms with E-state index in [-0.39, 0.29) is 0 Å². The van der Waals surface area contributed by atoms with Crippen LogP contribution >= 0.6 is 0 Å². The normalized spacial score (nSPS) is 10.3. The minimum absolute atomic E-state index is 0.573. The molecule has 0 radical (unpaired) electrons. The summed E-state index contributed by atoms with van der Waals surface area (Å²) in [5, 5.41) is 1.94. The summed E-state index contributed by atoms with van der Waals surface area (Å²) in [4.78, 5) is 21.8. The zero-order valence-electron chi connectivity index (χ0n) is 12.5. The summed E-state index contributed by atoms with van der Waals surface area (Å²) >= 11 is 0. The second-order valence-corrected chi connectivity index (χ2v) is 4.53. The van der Waals surface area contributed by atoms with Crippen molar-refractivity contribution in [3.63, 3.8) is 0 Å². The minimum Gasteiger partial charge on any atom is -0.497 e. The van der Waals surface area contributed by atoms with Gasteiger partial charge in [-0.15, -0.1) is 0 Å². The fourth-order valence-electron chi connectivity index (χ4n) is 1.76. The van der Waals surface area contributed by atoms with E-state index >= 15 is 0 Å². The Kier molecular flexibility index (Phi) is 5.35. The smallest absolute Gasteiger partial charge is 0.319 e. The fourth-order valence-corrected chi connectivity index (χ4v) is 1.76. The third-order valence-corrected chi connectivity index (χ3v) is 2.85. The molecule has 118 valence electrons. The lowest BCUT2D eigenvalue weighted by atomic mass is 10.2. The summed E-state index contributed by atoms with van der Waals surface area (Å²) in [7, 11) is 1.60. The molecule has 23 heavy (non-hydrogen) atoms. The van der Waals surface area contributed by atoms with E-state index in [1.54, 1.807) is 49.6 Å². The van der Waals surface area contributed by atoms with Gasteiger partial charge in [0.15, 0.2) is 0 Å². The summed E-state index contributed by atoms with van der Waals surface area (Å²) in [5.74, 6) is 1.53.